The number of nitrogens with zero attached hydrogens (tertiary/aromatic N) is 1. The van der Waals surface area contributed by atoms with E-state index < -0.39 is 10.0 Å². The van der Waals surface area contributed by atoms with Gasteiger partial charge in [-0.3, -0.25) is 0 Å². The molecule has 0 amide bonds. The second-order valence-corrected chi connectivity index (χ2v) is 6.29. The SMILES string of the molecule is C=CCN(CCO)S(=O)(=O)c1cc(Cl)cc(Cl)c1. The Morgan fingerprint density at radius 3 is 2.28 bits per heavy atom. The lowest BCUT2D eigenvalue weighted by atomic mass is 10.4. The van der Waals surface area contributed by atoms with Gasteiger partial charge in [0, 0.05) is 23.1 Å². The molecule has 0 heterocycles. The summed E-state index contributed by atoms with van der Waals surface area (Å²) in [5.74, 6) is 0. The Balaban J connectivity index is 3.21. The van der Waals surface area contributed by atoms with Crippen molar-refractivity contribution in [2.45, 2.75) is 4.90 Å². The average Bonchev–Trinajstić information content (AvgIpc) is 2.27. The number of sulfonamides is 1. The first-order valence-corrected chi connectivity index (χ1v) is 7.29. The van der Waals surface area contributed by atoms with E-state index in [1.54, 1.807) is 0 Å². The molecule has 0 unspecified atom stereocenters. The Hall–Kier alpha value is -0.590. The molecule has 0 saturated carbocycles. The number of hydrogen-bond donors (Lipinski definition) is 1. The molecule has 0 atom stereocenters. The van der Waals surface area contributed by atoms with Crippen LogP contribution in [-0.4, -0.2) is 37.5 Å². The molecule has 0 aliphatic heterocycles. The first kappa shape index (κ1) is 15.5. The summed E-state index contributed by atoms with van der Waals surface area (Å²) in [6.45, 7) is 3.30. The molecule has 100 valence electrons. The lowest BCUT2D eigenvalue weighted by Crippen LogP contribution is -2.33. The van der Waals surface area contributed by atoms with Gasteiger partial charge in [0.15, 0.2) is 0 Å². The zero-order valence-corrected chi connectivity index (χ0v) is 11.8. The minimum atomic E-state index is -3.74. The zero-order chi connectivity index (χ0) is 13.8. The molecule has 0 aliphatic carbocycles. The van der Waals surface area contributed by atoms with Crippen molar-refractivity contribution in [1.82, 2.24) is 4.31 Å². The zero-order valence-electron chi connectivity index (χ0n) is 9.51. The van der Waals surface area contributed by atoms with Gasteiger partial charge in [0.2, 0.25) is 10.0 Å². The van der Waals surface area contributed by atoms with Gasteiger partial charge in [-0.25, -0.2) is 8.42 Å². The van der Waals surface area contributed by atoms with Crippen molar-refractivity contribution in [2.24, 2.45) is 0 Å². The molecular weight excluding hydrogens is 297 g/mol. The standard InChI is InChI=1S/C11H13Cl2NO3S/c1-2-3-14(4-5-15)18(16,17)11-7-9(12)6-10(13)8-11/h2,6-8,15H,1,3-5H2. The van der Waals surface area contributed by atoms with Crippen LogP contribution < -0.4 is 0 Å². The van der Waals surface area contributed by atoms with Crippen molar-refractivity contribution in [3.8, 4) is 0 Å². The minimum absolute atomic E-state index is 0.00435. The maximum Gasteiger partial charge on any atom is 0.243 e. The van der Waals surface area contributed by atoms with Gasteiger partial charge >= 0.3 is 0 Å². The molecule has 0 fully saturated rings. The van der Waals surface area contributed by atoms with E-state index in [2.05, 4.69) is 6.58 Å². The van der Waals surface area contributed by atoms with E-state index in [1.165, 1.54) is 24.3 Å². The highest BCUT2D eigenvalue weighted by atomic mass is 35.5. The highest BCUT2D eigenvalue weighted by molar-refractivity contribution is 7.89. The molecule has 0 saturated heterocycles. The Kier molecular flexibility index (Phi) is 5.62. The summed E-state index contributed by atoms with van der Waals surface area (Å²) in [5.41, 5.74) is 0. The van der Waals surface area contributed by atoms with Crippen LogP contribution in [-0.2, 0) is 10.0 Å². The smallest absolute Gasteiger partial charge is 0.243 e. The summed E-state index contributed by atoms with van der Waals surface area (Å²) < 4.78 is 25.6. The molecular formula is C11H13Cl2NO3S. The number of halogens is 2. The fourth-order valence-electron chi connectivity index (χ4n) is 1.39. The summed E-state index contributed by atoms with van der Waals surface area (Å²) in [5, 5.41) is 9.37. The van der Waals surface area contributed by atoms with Gasteiger partial charge in [0.05, 0.1) is 11.5 Å². The Labute approximate surface area is 116 Å². The van der Waals surface area contributed by atoms with E-state index in [0.717, 1.165) is 4.31 Å². The second-order valence-electron chi connectivity index (χ2n) is 3.48. The predicted octanol–water partition coefficient (Wildman–Crippen LogP) is 2.16. The average molecular weight is 310 g/mol. The van der Waals surface area contributed by atoms with Crippen LogP contribution in [0.15, 0.2) is 35.7 Å². The fourth-order valence-corrected chi connectivity index (χ4v) is 3.52. The van der Waals surface area contributed by atoms with Gasteiger partial charge < -0.3 is 5.11 Å². The van der Waals surface area contributed by atoms with Crippen molar-refractivity contribution in [2.75, 3.05) is 19.7 Å². The normalized spacial score (nSPS) is 11.8. The van der Waals surface area contributed by atoms with Crippen LogP contribution in [0.2, 0.25) is 10.0 Å². The summed E-state index contributed by atoms with van der Waals surface area (Å²) in [4.78, 5) is -0.00435. The van der Waals surface area contributed by atoms with E-state index >= 15 is 0 Å². The van der Waals surface area contributed by atoms with E-state index in [1.807, 2.05) is 0 Å². The van der Waals surface area contributed by atoms with Crippen molar-refractivity contribution in [3.63, 3.8) is 0 Å². The first-order chi connectivity index (χ1) is 8.41. The van der Waals surface area contributed by atoms with E-state index in [-0.39, 0.29) is 34.6 Å². The second kappa shape index (κ2) is 6.54. The molecule has 7 heteroatoms. The lowest BCUT2D eigenvalue weighted by Gasteiger charge is -2.19. The van der Waals surface area contributed by atoms with Crippen molar-refractivity contribution in [3.05, 3.63) is 40.9 Å². The largest absolute Gasteiger partial charge is 0.395 e. The molecule has 1 rings (SSSR count). The molecule has 18 heavy (non-hydrogen) atoms. The van der Waals surface area contributed by atoms with Gasteiger partial charge in [0.1, 0.15) is 0 Å². The molecule has 0 aliphatic rings. The Morgan fingerprint density at radius 2 is 1.83 bits per heavy atom. The lowest BCUT2D eigenvalue weighted by molar-refractivity contribution is 0.260. The van der Waals surface area contributed by atoms with Gasteiger partial charge in [-0.2, -0.15) is 4.31 Å². The highest BCUT2D eigenvalue weighted by Crippen LogP contribution is 2.24. The monoisotopic (exact) mass is 309 g/mol. The minimum Gasteiger partial charge on any atom is -0.395 e. The van der Waals surface area contributed by atoms with Crippen LogP contribution in [0.5, 0.6) is 0 Å². The molecule has 0 bridgehead atoms. The van der Waals surface area contributed by atoms with Crippen LogP contribution >= 0.6 is 23.2 Å². The van der Waals surface area contributed by atoms with Gasteiger partial charge in [-0.15, -0.1) is 6.58 Å². The topological polar surface area (TPSA) is 57.6 Å². The third kappa shape index (κ3) is 3.70. The van der Waals surface area contributed by atoms with Crippen LogP contribution in [0.4, 0.5) is 0 Å². The number of benzene rings is 1. The molecule has 4 nitrogen and oxygen atoms in total. The molecule has 1 N–H and O–H groups in total. The summed E-state index contributed by atoms with van der Waals surface area (Å²) in [6.07, 6.45) is 1.44. The Bertz CT molecular complexity index is 511. The molecule has 0 radical (unpaired) electrons. The fraction of sp³-hybridized carbons (Fsp3) is 0.273. The van der Waals surface area contributed by atoms with Crippen molar-refractivity contribution >= 4 is 33.2 Å². The quantitative estimate of drug-likeness (QED) is 0.819. The van der Waals surface area contributed by atoms with Crippen LogP contribution in [0, 0.1) is 0 Å². The van der Waals surface area contributed by atoms with Crippen molar-refractivity contribution in [1.29, 1.82) is 0 Å². The first-order valence-electron chi connectivity index (χ1n) is 5.10. The van der Waals surface area contributed by atoms with E-state index in [9.17, 15) is 8.42 Å². The number of hydrogen-bond acceptors (Lipinski definition) is 3. The van der Waals surface area contributed by atoms with Gasteiger partial charge in [-0.05, 0) is 18.2 Å². The molecule has 0 aromatic heterocycles. The summed E-state index contributed by atoms with van der Waals surface area (Å²) in [7, 11) is -3.74. The Morgan fingerprint density at radius 1 is 1.28 bits per heavy atom. The maximum atomic E-state index is 12.3. The number of rotatable bonds is 6. The summed E-state index contributed by atoms with van der Waals surface area (Å²) in [6, 6.07) is 4.08. The third-order valence-corrected chi connectivity index (χ3v) is 4.44. The molecule has 0 spiro atoms. The third-order valence-electron chi connectivity index (χ3n) is 2.16. The maximum absolute atomic E-state index is 12.3. The number of aliphatic hydroxyl groups excluding tert-OH is 1. The van der Waals surface area contributed by atoms with E-state index in [0.29, 0.717) is 0 Å². The van der Waals surface area contributed by atoms with Gasteiger partial charge in [0.25, 0.3) is 0 Å². The van der Waals surface area contributed by atoms with Crippen molar-refractivity contribution < 1.29 is 13.5 Å². The van der Waals surface area contributed by atoms with Gasteiger partial charge in [-0.1, -0.05) is 29.3 Å². The predicted molar refractivity (Wildman–Crippen MR) is 72.5 cm³/mol. The van der Waals surface area contributed by atoms with Crippen LogP contribution in [0.1, 0.15) is 0 Å². The molecule has 1 aromatic rings. The molecule has 1 aromatic carbocycles. The van der Waals surface area contributed by atoms with Crippen LogP contribution in [0.3, 0.4) is 0 Å². The summed E-state index contributed by atoms with van der Waals surface area (Å²) >= 11 is 11.6. The van der Waals surface area contributed by atoms with E-state index in [4.69, 9.17) is 28.3 Å². The highest BCUT2D eigenvalue weighted by Gasteiger charge is 2.23. The van der Waals surface area contributed by atoms with Crippen LogP contribution in [0.25, 0.3) is 0 Å². The number of aliphatic hydroxyl groups is 1.